The summed E-state index contributed by atoms with van der Waals surface area (Å²) >= 11 is 5.41. The fourth-order valence-corrected chi connectivity index (χ4v) is 2.90. The molecule has 112 valence electrons. The fourth-order valence-electron chi connectivity index (χ4n) is 2.68. The van der Waals surface area contributed by atoms with Gasteiger partial charge in [-0.3, -0.25) is 9.67 Å². The molecule has 2 aromatic carbocycles. The molecule has 1 N–H and O–H groups in total. The summed E-state index contributed by atoms with van der Waals surface area (Å²) in [6.07, 6.45) is 0.944. The van der Waals surface area contributed by atoms with Crippen molar-refractivity contribution >= 4 is 12.2 Å². The summed E-state index contributed by atoms with van der Waals surface area (Å²) in [5.41, 5.74) is 4.99. The number of H-pyrrole nitrogens is 1. The average molecular weight is 309 g/mol. The van der Waals surface area contributed by atoms with Gasteiger partial charge in [-0.25, -0.2) is 0 Å². The molecule has 0 saturated carbocycles. The van der Waals surface area contributed by atoms with Gasteiger partial charge in [0.05, 0.1) is 0 Å². The third-order valence-corrected chi connectivity index (χ3v) is 4.32. The number of hydrogen-bond donors (Lipinski definition) is 1. The zero-order valence-corrected chi connectivity index (χ0v) is 13.7. The lowest BCUT2D eigenvalue weighted by Crippen LogP contribution is -2.05. The Labute approximate surface area is 135 Å². The highest BCUT2D eigenvalue weighted by Gasteiger charge is 2.11. The van der Waals surface area contributed by atoms with E-state index in [2.05, 4.69) is 65.0 Å². The van der Waals surface area contributed by atoms with Crippen LogP contribution in [0, 0.1) is 18.6 Å². The summed E-state index contributed by atoms with van der Waals surface area (Å²) < 4.78 is 2.76. The fraction of sp³-hybridized carbons (Fsp3) is 0.222. The molecule has 0 bridgehead atoms. The number of hydrogen-bond acceptors (Lipinski definition) is 2. The SMILES string of the molecule is Cc1ccccc1CCn1c(-c2ccccc2C)n[nH]c1=S. The van der Waals surface area contributed by atoms with Crippen LogP contribution in [-0.2, 0) is 13.0 Å². The van der Waals surface area contributed by atoms with E-state index in [1.165, 1.54) is 16.7 Å². The largest absolute Gasteiger partial charge is 0.300 e. The molecule has 1 heterocycles. The van der Waals surface area contributed by atoms with E-state index in [-0.39, 0.29) is 0 Å². The van der Waals surface area contributed by atoms with Gasteiger partial charge in [0.25, 0.3) is 0 Å². The van der Waals surface area contributed by atoms with Crippen molar-refractivity contribution in [1.29, 1.82) is 0 Å². The van der Waals surface area contributed by atoms with Gasteiger partial charge in [-0.2, -0.15) is 5.10 Å². The van der Waals surface area contributed by atoms with Gasteiger partial charge in [-0.05, 0) is 49.2 Å². The summed E-state index contributed by atoms with van der Waals surface area (Å²) in [6.45, 7) is 5.06. The molecule has 0 aliphatic carbocycles. The van der Waals surface area contributed by atoms with Gasteiger partial charge in [-0.1, -0.05) is 48.5 Å². The van der Waals surface area contributed by atoms with Crippen LogP contribution in [0.3, 0.4) is 0 Å². The number of nitrogens with zero attached hydrogens (tertiary/aromatic N) is 2. The molecule has 0 unspecified atom stereocenters. The van der Waals surface area contributed by atoms with Crippen LogP contribution in [0.1, 0.15) is 16.7 Å². The third kappa shape index (κ3) is 2.88. The number of benzene rings is 2. The lowest BCUT2D eigenvalue weighted by molar-refractivity contribution is 0.689. The molecule has 0 fully saturated rings. The Balaban J connectivity index is 1.92. The van der Waals surface area contributed by atoms with Crippen LogP contribution in [0.2, 0.25) is 0 Å². The average Bonchev–Trinajstić information content (AvgIpc) is 2.88. The van der Waals surface area contributed by atoms with Crippen LogP contribution >= 0.6 is 12.2 Å². The molecule has 3 aromatic rings. The summed E-state index contributed by atoms with van der Waals surface area (Å²) in [7, 11) is 0. The van der Waals surface area contributed by atoms with Gasteiger partial charge in [0.2, 0.25) is 0 Å². The lowest BCUT2D eigenvalue weighted by atomic mass is 10.1. The third-order valence-electron chi connectivity index (χ3n) is 4.01. The van der Waals surface area contributed by atoms with Gasteiger partial charge in [0.15, 0.2) is 10.6 Å². The molecule has 0 saturated heterocycles. The first-order chi connectivity index (χ1) is 10.7. The minimum absolute atomic E-state index is 0.673. The first-order valence-corrected chi connectivity index (χ1v) is 7.83. The van der Waals surface area contributed by atoms with Gasteiger partial charge < -0.3 is 0 Å². The van der Waals surface area contributed by atoms with Crippen molar-refractivity contribution in [3.8, 4) is 11.4 Å². The minimum Gasteiger partial charge on any atom is -0.300 e. The van der Waals surface area contributed by atoms with E-state index in [1.807, 2.05) is 12.1 Å². The molecule has 3 rings (SSSR count). The maximum Gasteiger partial charge on any atom is 0.195 e. The van der Waals surface area contributed by atoms with E-state index in [0.717, 1.165) is 24.4 Å². The molecule has 4 heteroatoms. The van der Waals surface area contributed by atoms with Crippen molar-refractivity contribution in [3.63, 3.8) is 0 Å². The highest BCUT2D eigenvalue weighted by molar-refractivity contribution is 7.71. The van der Waals surface area contributed by atoms with Gasteiger partial charge in [0.1, 0.15) is 0 Å². The number of aromatic nitrogens is 3. The second kappa shape index (κ2) is 6.28. The Morgan fingerprint density at radius 1 is 1.00 bits per heavy atom. The molecule has 0 aliphatic rings. The summed E-state index contributed by atoms with van der Waals surface area (Å²) in [5.74, 6) is 0.914. The van der Waals surface area contributed by atoms with Crippen molar-refractivity contribution in [2.24, 2.45) is 0 Å². The molecule has 1 aromatic heterocycles. The monoisotopic (exact) mass is 309 g/mol. The highest BCUT2D eigenvalue weighted by Crippen LogP contribution is 2.21. The normalized spacial score (nSPS) is 10.8. The molecule has 0 radical (unpaired) electrons. The van der Waals surface area contributed by atoms with Crippen molar-refractivity contribution in [2.75, 3.05) is 0 Å². The predicted octanol–water partition coefficient (Wildman–Crippen LogP) is 4.47. The standard InChI is InChI=1S/C18H19N3S/c1-13-7-3-5-9-15(13)11-12-21-17(19-20-18(21)22)16-10-6-4-8-14(16)2/h3-10H,11-12H2,1-2H3,(H,20,22). The topological polar surface area (TPSA) is 33.6 Å². The van der Waals surface area contributed by atoms with Crippen LogP contribution in [-0.4, -0.2) is 14.8 Å². The van der Waals surface area contributed by atoms with E-state index in [1.54, 1.807) is 0 Å². The van der Waals surface area contributed by atoms with E-state index in [4.69, 9.17) is 12.2 Å². The first kappa shape index (κ1) is 14.7. The molecule has 22 heavy (non-hydrogen) atoms. The van der Waals surface area contributed by atoms with E-state index in [0.29, 0.717) is 4.77 Å². The van der Waals surface area contributed by atoms with Crippen molar-refractivity contribution in [2.45, 2.75) is 26.8 Å². The lowest BCUT2D eigenvalue weighted by Gasteiger charge is -2.10. The number of aryl methyl sites for hydroxylation is 3. The molecule has 0 amide bonds. The van der Waals surface area contributed by atoms with E-state index >= 15 is 0 Å². The van der Waals surface area contributed by atoms with Crippen LogP contribution in [0.4, 0.5) is 0 Å². The molecule has 3 nitrogen and oxygen atoms in total. The minimum atomic E-state index is 0.673. The first-order valence-electron chi connectivity index (χ1n) is 7.42. The second-order valence-corrected chi connectivity index (χ2v) is 5.88. The molecular formula is C18H19N3S. The second-order valence-electron chi connectivity index (χ2n) is 5.50. The molecule has 0 spiro atoms. The highest BCUT2D eigenvalue weighted by atomic mass is 32.1. The van der Waals surface area contributed by atoms with Gasteiger partial charge in [0, 0.05) is 12.1 Å². The Hall–Kier alpha value is -2.20. The van der Waals surface area contributed by atoms with E-state index in [9.17, 15) is 0 Å². The maximum atomic E-state index is 5.41. The molecular weight excluding hydrogens is 290 g/mol. The summed E-state index contributed by atoms with van der Waals surface area (Å²) in [5, 5.41) is 7.36. The maximum absolute atomic E-state index is 5.41. The van der Waals surface area contributed by atoms with Crippen molar-refractivity contribution in [1.82, 2.24) is 14.8 Å². The van der Waals surface area contributed by atoms with Crippen LogP contribution in [0.15, 0.2) is 48.5 Å². The van der Waals surface area contributed by atoms with Crippen molar-refractivity contribution in [3.05, 3.63) is 70.0 Å². The van der Waals surface area contributed by atoms with Crippen LogP contribution in [0.5, 0.6) is 0 Å². The van der Waals surface area contributed by atoms with Crippen LogP contribution < -0.4 is 0 Å². The predicted molar refractivity (Wildman–Crippen MR) is 92.5 cm³/mol. The van der Waals surface area contributed by atoms with Gasteiger partial charge in [-0.15, -0.1) is 0 Å². The Morgan fingerprint density at radius 3 is 2.41 bits per heavy atom. The zero-order chi connectivity index (χ0) is 15.5. The van der Waals surface area contributed by atoms with Crippen LogP contribution in [0.25, 0.3) is 11.4 Å². The number of nitrogens with one attached hydrogen (secondary N) is 1. The smallest absolute Gasteiger partial charge is 0.195 e. The number of rotatable bonds is 4. The quantitative estimate of drug-likeness (QED) is 0.722. The Bertz CT molecular complexity index is 845. The Morgan fingerprint density at radius 2 is 1.68 bits per heavy atom. The number of aromatic amines is 1. The molecule has 0 aliphatic heterocycles. The zero-order valence-electron chi connectivity index (χ0n) is 12.8. The summed E-state index contributed by atoms with van der Waals surface area (Å²) in [6, 6.07) is 16.7. The Kier molecular flexibility index (Phi) is 4.20. The van der Waals surface area contributed by atoms with Crippen molar-refractivity contribution < 1.29 is 0 Å². The van der Waals surface area contributed by atoms with E-state index < -0.39 is 0 Å². The van der Waals surface area contributed by atoms with Gasteiger partial charge >= 0.3 is 0 Å². The molecule has 0 atom stereocenters. The summed E-state index contributed by atoms with van der Waals surface area (Å²) in [4.78, 5) is 0.